The van der Waals surface area contributed by atoms with E-state index >= 15 is 0 Å². The first-order valence-corrected chi connectivity index (χ1v) is 8.00. The second kappa shape index (κ2) is 5.98. The highest BCUT2D eigenvalue weighted by Crippen LogP contribution is 2.31. The van der Waals surface area contributed by atoms with Crippen LogP contribution < -0.4 is 0 Å². The number of nitrogens with zero attached hydrogens (tertiary/aromatic N) is 1. The highest BCUT2D eigenvalue weighted by molar-refractivity contribution is 7.16. The highest BCUT2D eigenvalue weighted by atomic mass is 35.5. The summed E-state index contributed by atoms with van der Waals surface area (Å²) in [5, 5.41) is 0. The zero-order valence-corrected chi connectivity index (χ0v) is 12.7. The van der Waals surface area contributed by atoms with Crippen LogP contribution in [0.15, 0.2) is 36.4 Å². The minimum atomic E-state index is 0.238. The fraction of sp³-hybridized carbons (Fsp3) is 0.312. The van der Waals surface area contributed by atoms with E-state index in [1.165, 1.54) is 16.0 Å². The number of hydrogen-bond acceptors (Lipinski definition) is 2. The van der Waals surface area contributed by atoms with Gasteiger partial charge in [0, 0.05) is 24.4 Å². The van der Waals surface area contributed by atoms with Crippen molar-refractivity contribution in [1.82, 2.24) is 4.90 Å². The Kier molecular flexibility index (Phi) is 4.08. The molecule has 0 fully saturated rings. The van der Waals surface area contributed by atoms with E-state index in [1.807, 2.05) is 29.2 Å². The molecule has 0 saturated heterocycles. The average molecular weight is 306 g/mol. The second-order valence-electron chi connectivity index (χ2n) is 5.05. The molecule has 0 saturated carbocycles. The summed E-state index contributed by atoms with van der Waals surface area (Å²) in [5.74, 6) is 0.238. The molecule has 0 atom stereocenters. The van der Waals surface area contributed by atoms with E-state index in [-0.39, 0.29) is 5.91 Å². The number of rotatable bonds is 3. The molecule has 3 rings (SSSR count). The Morgan fingerprint density at radius 2 is 2.10 bits per heavy atom. The van der Waals surface area contributed by atoms with Gasteiger partial charge in [-0.05, 0) is 30.0 Å². The van der Waals surface area contributed by atoms with Gasteiger partial charge in [0.25, 0.3) is 0 Å². The Labute approximate surface area is 128 Å². The molecule has 1 amide bonds. The van der Waals surface area contributed by atoms with Crippen molar-refractivity contribution < 1.29 is 4.79 Å². The van der Waals surface area contributed by atoms with Gasteiger partial charge in [-0.3, -0.25) is 4.79 Å². The minimum absolute atomic E-state index is 0.238. The van der Waals surface area contributed by atoms with E-state index < -0.39 is 0 Å². The summed E-state index contributed by atoms with van der Waals surface area (Å²) in [6, 6.07) is 12.2. The molecular formula is C16H16ClNOS. The van der Waals surface area contributed by atoms with Crippen molar-refractivity contribution in [2.24, 2.45) is 0 Å². The monoisotopic (exact) mass is 305 g/mol. The van der Waals surface area contributed by atoms with Crippen LogP contribution in [0.2, 0.25) is 4.34 Å². The molecule has 0 bridgehead atoms. The fourth-order valence-corrected chi connectivity index (χ4v) is 3.86. The van der Waals surface area contributed by atoms with Crippen molar-refractivity contribution in [3.05, 3.63) is 56.7 Å². The van der Waals surface area contributed by atoms with E-state index in [4.69, 9.17) is 11.6 Å². The molecule has 2 nitrogen and oxygen atoms in total. The maximum atomic E-state index is 12.3. The quantitative estimate of drug-likeness (QED) is 0.841. The first-order chi connectivity index (χ1) is 9.72. The lowest BCUT2D eigenvalue weighted by Gasteiger charge is -2.27. The summed E-state index contributed by atoms with van der Waals surface area (Å²) in [6.45, 7) is 1.53. The minimum Gasteiger partial charge on any atom is -0.338 e. The van der Waals surface area contributed by atoms with Gasteiger partial charge in [0.1, 0.15) is 0 Å². The molecule has 2 heterocycles. The van der Waals surface area contributed by atoms with Crippen molar-refractivity contribution in [3.63, 3.8) is 0 Å². The molecule has 20 heavy (non-hydrogen) atoms. The van der Waals surface area contributed by atoms with Crippen molar-refractivity contribution in [2.45, 2.75) is 25.8 Å². The maximum absolute atomic E-state index is 12.3. The molecule has 0 N–H and O–H groups in total. The largest absolute Gasteiger partial charge is 0.338 e. The summed E-state index contributed by atoms with van der Waals surface area (Å²) in [5.41, 5.74) is 2.44. The fourth-order valence-electron chi connectivity index (χ4n) is 2.56. The van der Waals surface area contributed by atoms with Gasteiger partial charge in [0.15, 0.2) is 0 Å². The molecule has 0 radical (unpaired) electrons. The van der Waals surface area contributed by atoms with Gasteiger partial charge in [0.2, 0.25) is 5.91 Å². The molecule has 0 spiro atoms. The highest BCUT2D eigenvalue weighted by Gasteiger charge is 2.22. The molecular weight excluding hydrogens is 290 g/mol. The summed E-state index contributed by atoms with van der Waals surface area (Å²) >= 11 is 7.68. The topological polar surface area (TPSA) is 20.3 Å². The molecule has 1 aliphatic rings. The van der Waals surface area contributed by atoms with Gasteiger partial charge in [0.05, 0.1) is 4.34 Å². The van der Waals surface area contributed by atoms with Crippen LogP contribution >= 0.6 is 22.9 Å². The normalized spacial score (nSPS) is 14.2. The first-order valence-electron chi connectivity index (χ1n) is 6.81. The Morgan fingerprint density at radius 1 is 1.30 bits per heavy atom. The van der Waals surface area contributed by atoms with Crippen molar-refractivity contribution in [2.75, 3.05) is 6.54 Å². The first kappa shape index (κ1) is 13.7. The maximum Gasteiger partial charge on any atom is 0.223 e. The third kappa shape index (κ3) is 3.05. The van der Waals surface area contributed by atoms with E-state index in [2.05, 4.69) is 12.1 Å². The Hall–Kier alpha value is -1.32. The van der Waals surface area contributed by atoms with Gasteiger partial charge in [-0.15, -0.1) is 11.3 Å². The average Bonchev–Trinajstić information content (AvgIpc) is 2.85. The smallest absolute Gasteiger partial charge is 0.223 e. The third-order valence-electron chi connectivity index (χ3n) is 3.66. The van der Waals surface area contributed by atoms with Crippen molar-refractivity contribution >= 4 is 28.8 Å². The molecule has 1 aliphatic heterocycles. The number of fused-ring (bicyclic) bond motifs is 1. The number of aryl methyl sites for hydroxylation is 1. The summed E-state index contributed by atoms with van der Waals surface area (Å²) in [6.07, 6.45) is 2.33. The van der Waals surface area contributed by atoms with Crippen LogP contribution in [0.1, 0.15) is 22.4 Å². The molecule has 0 unspecified atom stereocenters. The van der Waals surface area contributed by atoms with E-state index in [0.717, 1.165) is 23.7 Å². The molecule has 0 aliphatic carbocycles. The van der Waals surface area contributed by atoms with Crippen LogP contribution in [0.25, 0.3) is 0 Å². The molecule has 1 aromatic carbocycles. The third-order valence-corrected chi connectivity index (χ3v) is 5.03. The lowest BCUT2D eigenvalue weighted by Crippen LogP contribution is -2.35. The van der Waals surface area contributed by atoms with Gasteiger partial charge in [-0.1, -0.05) is 41.9 Å². The summed E-state index contributed by atoms with van der Waals surface area (Å²) < 4.78 is 0.827. The predicted molar refractivity (Wildman–Crippen MR) is 83.2 cm³/mol. The van der Waals surface area contributed by atoms with Crippen LogP contribution in [0, 0.1) is 0 Å². The Morgan fingerprint density at radius 3 is 2.90 bits per heavy atom. The number of carbonyl (C=O) groups is 1. The van der Waals surface area contributed by atoms with E-state index in [1.54, 1.807) is 11.3 Å². The molecule has 2 aromatic rings. The number of benzene rings is 1. The number of carbonyl (C=O) groups excluding carboxylic acids is 1. The number of amides is 1. The standard InChI is InChI=1S/C16H16ClNOS/c17-15-10-13-11-18(9-8-14(13)20-15)16(19)7-6-12-4-2-1-3-5-12/h1-5,10H,6-9,11H2. The van der Waals surface area contributed by atoms with Crippen LogP contribution in [0.4, 0.5) is 0 Å². The molecule has 104 valence electrons. The van der Waals surface area contributed by atoms with Crippen LogP contribution in [-0.4, -0.2) is 17.4 Å². The van der Waals surface area contributed by atoms with Crippen molar-refractivity contribution in [3.8, 4) is 0 Å². The zero-order chi connectivity index (χ0) is 13.9. The Bertz CT molecular complexity index is 608. The zero-order valence-electron chi connectivity index (χ0n) is 11.1. The lowest BCUT2D eigenvalue weighted by atomic mass is 10.1. The van der Waals surface area contributed by atoms with E-state index in [9.17, 15) is 4.79 Å². The van der Waals surface area contributed by atoms with Gasteiger partial charge in [-0.25, -0.2) is 0 Å². The number of halogens is 1. The van der Waals surface area contributed by atoms with Gasteiger partial charge < -0.3 is 4.90 Å². The predicted octanol–water partition coefficient (Wildman–Crippen LogP) is 3.92. The second-order valence-corrected chi connectivity index (χ2v) is 6.82. The Balaban J connectivity index is 1.59. The lowest BCUT2D eigenvalue weighted by molar-refractivity contribution is -0.132. The van der Waals surface area contributed by atoms with Gasteiger partial charge >= 0.3 is 0 Å². The summed E-state index contributed by atoms with van der Waals surface area (Å²) in [7, 11) is 0. The van der Waals surface area contributed by atoms with Crippen LogP contribution in [0.5, 0.6) is 0 Å². The SMILES string of the molecule is O=C(CCc1ccccc1)N1CCc2sc(Cl)cc2C1. The summed E-state index contributed by atoms with van der Waals surface area (Å²) in [4.78, 5) is 15.6. The number of hydrogen-bond donors (Lipinski definition) is 0. The van der Waals surface area contributed by atoms with Crippen molar-refractivity contribution in [1.29, 1.82) is 0 Å². The van der Waals surface area contributed by atoms with E-state index in [0.29, 0.717) is 13.0 Å². The van der Waals surface area contributed by atoms with Gasteiger partial charge in [-0.2, -0.15) is 0 Å². The van der Waals surface area contributed by atoms with Crippen LogP contribution in [0.3, 0.4) is 0 Å². The molecule has 4 heteroatoms. The molecule has 1 aromatic heterocycles. The number of thiophene rings is 1. The van der Waals surface area contributed by atoms with Crippen LogP contribution in [-0.2, 0) is 24.2 Å².